The van der Waals surface area contributed by atoms with Gasteiger partial charge in [-0.2, -0.15) is 5.26 Å². The summed E-state index contributed by atoms with van der Waals surface area (Å²) in [7, 11) is 1.88. The van der Waals surface area contributed by atoms with Crippen LogP contribution in [0.15, 0.2) is 41.3 Å². The minimum Gasteiger partial charge on any atom is -0.506 e. The molecule has 1 aromatic heterocycles. The molecule has 1 aliphatic rings. The molecule has 8 nitrogen and oxygen atoms in total. The lowest BCUT2D eigenvalue weighted by Gasteiger charge is -2.33. The third-order valence-electron chi connectivity index (χ3n) is 6.45. The molecule has 1 aliphatic heterocycles. The zero-order valence-electron chi connectivity index (χ0n) is 20.0. The third kappa shape index (κ3) is 5.16. The van der Waals surface area contributed by atoms with Crippen molar-refractivity contribution in [2.45, 2.75) is 24.1 Å². The Morgan fingerprint density at radius 3 is 2.49 bits per heavy atom. The number of carbonyl (C=O) groups excluding carboxylic acids is 1. The van der Waals surface area contributed by atoms with Crippen molar-refractivity contribution >= 4 is 28.6 Å². The summed E-state index contributed by atoms with van der Waals surface area (Å²) in [6.45, 7) is 5.23. The quantitative estimate of drug-likeness (QED) is 0.363. The summed E-state index contributed by atoms with van der Waals surface area (Å²) >= 11 is 1.62. The highest BCUT2D eigenvalue weighted by Crippen LogP contribution is 2.39. The SMILES string of the molecule is CCOC(=O)c1c(CSc2ccccc2)n(C)c2cc(C#N)c(O)c(CN3CCN(CO)CC3)c12. The maximum Gasteiger partial charge on any atom is 0.340 e. The number of aliphatic hydroxyl groups excluding tert-OH is 1. The van der Waals surface area contributed by atoms with E-state index in [-0.39, 0.29) is 24.7 Å². The van der Waals surface area contributed by atoms with Crippen molar-refractivity contribution in [1.82, 2.24) is 14.4 Å². The molecule has 2 N–H and O–H groups in total. The molecular weight excluding hydrogens is 464 g/mol. The standard InChI is InChI=1S/C26H30N4O4S/c1-3-34-26(33)24-22(16-35-19-7-5-4-6-8-19)28(2)21-13-18(14-27)25(32)20(23(21)24)15-29-9-11-30(17-31)12-10-29/h4-8,13,31-32H,3,9-12,15-17H2,1-2H3. The van der Waals surface area contributed by atoms with Crippen molar-refractivity contribution in [3.8, 4) is 11.8 Å². The fraction of sp³-hybridized carbons (Fsp3) is 0.385. The van der Waals surface area contributed by atoms with Gasteiger partial charge in [0.1, 0.15) is 11.8 Å². The molecule has 0 spiro atoms. The number of esters is 1. The molecule has 0 unspecified atom stereocenters. The topological polar surface area (TPSA) is 102 Å². The highest BCUT2D eigenvalue weighted by molar-refractivity contribution is 7.98. The van der Waals surface area contributed by atoms with Crippen molar-refractivity contribution in [2.24, 2.45) is 7.05 Å². The Labute approximate surface area is 209 Å². The van der Waals surface area contributed by atoms with Crippen LogP contribution in [0.1, 0.15) is 34.1 Å². The highest BCUT2D eigenvalue weighted by atomic mass is 32.2. The second kappa shape index (κ2) is 11.1. The van der Waals surface area contributed by atoms with E-state index >= 15 is 0 Å². The van der Waals surface area contributed by atoms with Gasteiger partial charge in [-0.25, -0.2) is 4.79 Å². The predicted octanol–water partition coefficient (Wildman–Crippen LogP) is 3.29. The fourth-order valence-electron chi connectivity index (χ4n) is 4.53. The van der Waals surface area contributed by atoms with Crippen LogP contribution in [0, 0.1) is 11.3 Å². The molecule has 0 bridgehead atoms. The number of rotatable bonds is 8. The van der Waals surface area contributed by atoms with Crippen molar-refractivity contribution in [3.05, 3.63) is 58.8 Å². The molecule has 2 heterocycles. The van der Waals surface area contributed by atoms with Crippen LogP contribution in [0.2, 0.25) is 0 Å². The van der Waals surface area contributed by atoms with E-state index in [9.17, 15) is 20.3 Å². The van der Waals surface area contributed by atoms with Crippen LogP contribution in [0.5, 0.6) is 5.75 Å². The Morgan fingerprint density at radius 1 is 1.17 bits per heavy atom. The molecule has 2 aromatic carbocycles. The average molecular weight is 495 g/mol. The number of phenols is 1. The van der Waals surface area contributed by atoms with E-state index in [0.29, 0.717) is 55.0 Å². The van der Waals surface area contributed by atoms with Gasteiger partial charge in [0.2, 0.25) is 0 Å². The zero-order chi connectivity index (χ0) is 24.9. The number of nitriles is 1. The molecule has 3 aromatic rings. The molecular formula is C26H30N4O4S. The number of benzene rings is 2. The van der Waals surface area contributed by atoms with Crippen LogP contribution in [0.3, 0.4) is 0 Å². The van der Waals surface area contributed by atoms with E-state index in [1.54, 1.807) is 24.8 Å². The predicted molar refractivity (Wildman–Crippen MR) is 135 cm³/mol. The first kappa shape index (κ1) is 25.1. The lowest BCUT2D eigenvalue weighted by Crippen LogP contribution is -2.46. The van der Waals surface area contributed by atoms with E-state index in [4.69, 9.17) is 4.74 Å². The number of ether oxygens (including phenoxy) is 1. The van der Waals surface area contributed by atoms with Gasteiger partial charge in [0.05, 0.1) is 30.0 Å². The second-order valence-corrected chi connectivity index (χ2v) is 9.54. The van der Waals surface area contributed by atoms with E-state index in [0.717, 1.165) is 16.1 Å². The van der Waals surface area contributed by atoms with Crippen LogP contribution < -0.4 is 0 Å². The van der Waals surface area contributed by atoms with E-state index in [1.807, 2.05) is 46.8 Å². The number of thioether (sulfide) groups is 1. The molecule has 0 saturated carbocycles. The van der Waals surface area contributed by atoms with Gasteiger partial charge in [-0.15, -0.1) is 11.8 Å². The number of fused-ring (bicyclic) bond motifs is 1. The summed E-state index contributed by atoms with van der Waals surface area (Å²) in [4.78, 5) is 18.5. The number of aliphatic hydroxyl groups is 1. The molecule has 0 atom stereocenters. The minimum atomic E-state index is -0.433. The number of hydrogen-bond acceptors (Lipinski definition) is 8. The molecule has 4 rings (SSSR count). The van der Waals surface area contributed by atoms with Crippen molar-refractivity contribution in [1.29, 1.82) is 5.26 Å². The number of phenolic OH excluding ortho intramolecular Hbond substituents is 1. The molecule has 1 fully saturated rings. The molecule has 0 aliphatic carbocycles. The number of carbonyl (C=O) groups is 1. The maximum atomic E-state index is 13.3. The first-order valence-electron chi connectivity index (χ1n) is 11.6. The highest BCUT2D eigenvalue weighted by Gasteiger charge is 2.29. The molecule has 0 radical (unpaired) electrons. The van der Waals surface area contributed by atoms with Crippen LogP contribution in [0.4, 0.5) is 0 Å². The van der Waals surface area contributed by atoms with Crippen molar-refractivity contribution in [3.63, 3.8) is 0 Å². The van der Waals surface area contributed by atoms with Gasteiger partial charge in [-0.1, -0.05) is 18.2 Å². The van der Waals surface area contributed by atoms with Gasteiger partial charge in [-0.05, 0) is 25.1 Å². The summed E-state index contributed by atoms with van der Waals surface area (Å²) in [5, 5.41) is 30.9. The Hall–Kier alpha value is -3.03. The molecule has 35 heavy (non-hydrogen) atoms. The van der Waals surface area contributed by atoms with E-state index < -0.39 is 5.97 Å². The zero-order valence-corrected chi connectivity index (χ0v) is 20.8. The Balaban J connectivity index is 1.83. The summed E-state index contributed by atoms with van der Waals surface area (Å²) < 4.78 is 7.39. The van der Waals surface area contributed by atoms with Gasteiger partial charge in [0.25, 0.3) is 0 Å². The molecule has 0 amide bonds. The summed E-state index contributed by atoms with van der Waals surface area (Å²) in [6.07, 6.45) is 0. The Bertz CT molecular complexity index is 1240. The first-order valence-corrected chi connectivity index (χ1v) is 12.6. The Morgan fingerprint density at radius 2 is 1.86 bits per heavy atom. The number of hydrogen-bond donors (Lipinski definition) is 2. The number of piperazine rings is 1. The largest absolute Gasteiger partial charge is 0.506 e. The number of nitrogens with zero attached hydrogens (tertiary/aromatic N) is 4. The van der Waals surface area contributed by atoms with E-state index in [1.165, 1.54) is 0 Å². The van der Waals surface area contributed by atoms with Crippen LogP contribution in [-0.4, -0.2) is 70.1 Å². The summed E-state index contributed by atoms with van der Waals surface area (Å²) in [5.74, 6) is 0.000801. The van der Waals surface area contributed by atoms with E-state index in [2.05, 4.69) is 11.0 Å². The monoisotopic (exact) mass is 494 g/mol. The number of aryl methyl sites for hydroxylation is 1. The lowest BCUT2D eigenvalue weighted by atomic mass is 9.99. The lowest BCUT2D eigenvalue weighted by molar-refractivity contribution is 0.0512. The maximum absolute atomic E-state index is 13.3. The molecule has 9 heteroatoms. The fourth-order valence-corrected chi connectivity index (χ4v) is 5.52. The van der Waals surface area contributed by atoms with Gasteiger partial charge in [0.15, 0.2) is 0 Å². The normalized spacial score (nSPS) is 14.8. The first-order chi connectivity index (χ1) is 17.0. The summed E-state index contributed by atoms with van der Waals surface area (Å²) in [6, 6.07) is 13.7. The van der Waals surface area contributed by atoms with Crippen LogP contribution >= 0.6 is 11.8 Å². The third-order valence-corrected chi connectivity index (χ3v) is 7.47. The van der Waals surface area contributed by atoms with Crippen molar-refractivity contribution < 1.29 is 19.7 Å². The van der Waals surface area contributed by atoms with Gasteiger partial charge >= 0.3 is 5.97 Å². The summed E-state index contributed by atoms with van der Waals surface area (Å²) in [5.41, 5.74) is 2.69. The second-order valence-electron chi connectivity index (χ2n) is 8.50. The molecule has 1 saturated heterocycles. The van der Waals surface area contributed by atoms with Gasteiger partial charge < -0.3 is 19.5 Å². The number of aromatic hydroxyl groups is 1. The van der Waals surface area contributed by atoms with Crippen LogP contribution in [0.25, 0.3) is 10.9 Å². The average Bonchev–Trinajstić information content (AvgIpc) is 3.16. The minimum absolute atomic E-state index is 0.0153. The smallest absolute Gasteiger partial charge is 0.340 e. The van der Waals surface area contributed by atoms with Gasteiger partial charge in [-0.3, -0.25) is 9.80 Å². The van der Waals surface area contributed by atoms with Crippen molar-refractivity contribution in [2.75, 3.05) is 39.5 Å². The number of aromatic nitrogens is 1. The van der Waals surface area contributed by atoms with Gasteiger partial charge in [0, 0.05) is 67.1 Å². The van der Waals surface area contributed by atoms with Crippen LogP contribution in [-0.2, 0) is 24.1 Å². The molecule has 184 valence electrons. The Kier molecular flexibility index (Phi) is 7.98.